The van der Waals surface area contributed by atoms with Crippen molar-refractivity contribution in [2.75, 3.05) is 0 Å². The average molecular weight is 268 g/mol. The van der Waals surface area contributed by atoms with E-state index in [1.807, 2.05) is 6.07 Å². The van der Waals surface area contributed by atoms with Crippen LogP contribution >= 0.6 is 11.6 Å². The Hall–Kier alpha value is -0.730. The highest BCUT2D eigenvalue weighted by Gasteiger charge is 2.19. The van der Waals surface area contributed by atoms with Crippen molar-refractivity contribution in [3.63, 3.8) is 0 Å². The number of nitrogens with one attached hydrogen (secondary N) is 1. The Morgan fingerprint density at radius 3 is 2.78 bits per heavy atom. The van der Waals surface area contributed by atoms with Crippen molar-refractivity contribution in [2.24, 2.45) is 5.92 Å². The second-order valence-corrected chi connectivity index (χ2v) is 5.78. The summed E-state index contributed by atoms with van der Waals surface area (Å²) in [5, 5.41) is 14.0. The van der Waals surface area contributed by atoms with Crippen molar-refractivity contribution in [3.8, 4) is 5.75 Å². The summed E-state index contributed by atoms with van der Waals surface area (Å²) in [5.74, 6) is 1.10. The predicted molar refractivity (Wildman–Crippen MR) is 76.0 cm³/mol. The Morgan fingerprint density at radius 1 is 1.33 bits per heavy atom. The van der Waals surface area contributed by atoms with Gasteiger partial charge in [-0.25, -0.2) is 0 Å². The molecule has 100 valence electrons. The molecule has 18 heavy (non-hydrogen) atoms. The van der Waals surface area contributed by atoms with Gasteiger partial charge in [0.1, 0.15) is 5.75 Å². The highest BCUT2D eigenvalue weighted by atomic mass is 35.5. The lowest BCUT2D eigenvalue weighted by Gasteiger charge is -2.28. The van der Waals surface area contributed by atoms with Gasteiger partial charge in [0.15, 0.2) is 0 Å². The molecular weight excluding hydrogens is 246 g/mol. The summed E-state index contributed by atoms with van der Waals surface area (Å²) in [6, 6.07) is 5.70. The van der Waals surface area contributed by atoms with Crippen LogP contribution in [0.2, 0.25) is 5.02 Å². The largest absolute Gasteiger partial charge is 0.508 e. The molecule has 1 aromatic rings. The van der Waals surface area contributed by atoms with Crippen molar-refractivity contribution < 1.29 is 5.11 Å². The van der Waals surface area contributed by atoms with Gasteiger partial charge >= 0.3 is 0 Å². The van der Waals surface area contributed by atoms with Crippen LogP contribution in [0.5, 0.6) is 5.75 Å². The number of phenols is 1. The molecule has 2 N–H and O–H groups in total. The number of benzene rings is 1. The summed E-state index contributed by atoms with van der Waals surface area (Å²) < 4.78 is 0. The van der Waals surface area contributed by atoms with Gasteiger partial charge in [-0.05, 0) is 43.9 Å². The number of hydrogen-bond acceptors (Lipinski definition) is 2. The van der Waals surface area contributed by atoms with Crippen LogP contribution in [0.15, 0.2) is 18.2 Å². The maximum absolute atomic E-state index is 9.76. The first-order valence-electron chi connectivity index (χ1n) is 6.87. The molecule has 3 heteroatoms. The first-order valence-corrected chi connectivity index (χ1v) is 7.25. The summed E-state index contributed by atoms with van der Waals surface area (Å²) >= 11 is 5.94. The summed E-state index contributed by atoms with van der Waals surface area (Å²) in [4.78, 5) is 0. The lowest BCUT2D eigenvalue weighted by Crippen LogP contribution is -2.34. The normalized spacial score (nSPS) is 18.8. The van der Waals surface area contributed by atoms with Crippen LogP contribution < -0.4 is 5.32 Å². The smallest absolute Gasteiger partial charge is 0.120 e. The highest BCUT2D eigenvalue weighted by molar-refractivity contribution is 6.30. The van der Waals surface area contributed by atoms with Crippen LogP contribution in [0.25, 0.3) is 0 Å². The van der Waals surface area contributed by atoms with E-state index in [0.29, 0.717) is 23.4 Å². The van der Waals surface area contributed by atoms with Gasteiger partial charge in [0.2, 0.25) is 0 Å². The molecule has 0 bridgehead atoms. The first kappa shape index (κ1) is 13.7. The zero-order chi connectivity index (χ0) is 13.0. The van der Waals surface area contributed by atoms with Gasteiger partial charge in [-0.3, -0.25) is 0 Å². The van der Waals surface area contributed by atoms with Gasteiger partial charge in [0.25, 0.3) is 0 Å². The molecule has 1 aliphatic rings. The molecule has 1 unspecified atom stereocenters. The molecule has 0 aliphatic heterocycles. The minimum absolute atomic E-state index is 0.322. The SMILES string of the molecule is CC(NCc1cc(Cl)ccc1O)C1CCCCC1. The Kier molecular flexibility index (Phi) is 4.90. The van der Waals surface area contributed by atoms with E-state index in [-0.39, 0.29) is 0 Å². The summed E-state index contributed by atoms with van der Waals surface area (Å²) in [6.45, 7) is 2.93. The van der Waals surface area contributed by atoms with Gasteiger partial charge in [-0.1, -0.05) is 30.9 Å². The lowest BCUT2D eigenvalue weighted by atomic mass is 9.84. The van der Waals surface area contributed by atoms with Crippen LogP contribution in [0.1, 0.15) is 44.6 Å². The molecule has 0 amide bonds. The van der Waals surface area contributed by atoms with Gasteiger partial charge in [0.05, 0.1) is 0 Å². The quantitative estimate of drug-likeness (QED) is 0.861. The zero-order valence-electron chi connectivity index (χ0n) is 11.0. The van der Waals surface area contributed by atoms with E-state index in [2.05, 4.69) is 12.2 Å². The van der Waals surface area contributed by atoms with Crippen molar-refractivity contribution in [2.45, 2.75) is 51.6 Å². The highest BCUT2D eigenvalue weighted by Crippen LogP contribution is 2.27. The number of aromatic hydroxyl groups is 1. The Labute approximate surface area is 114 Å². The molecule has 0 radical (unpaired) electrons. The monoisotopic (exact) mass is 267 g/mol. The Balaban J connectivity index is 1.88. The van der Waals surface area contributed by atoms with E-state index >= 15 is 0 Å². The van der Waals surface area contributed by atoms with Crippen molar-refractivity contribution in [1.82, 2.24) is 5.32 Å². The lowest BCUT2D eigenvalue weighted by molar-refractivity contribution is 0.280. The summed E-state index contributed by atoms with van der Waals surface area (Å²) in [6.07, 6.45) is 6.77. The molecule has 2 rings (SSSR count). The van der Waals surface area contributed by atoms with Gasteiger partial charge in [-0.2, -0.15) is 0 Å². The van der Waals surface area contributed by atoms with Crippen LogP contribution in [0, 0.1) is 5.92 Å². The fourth-order valence-electron chi connectivity index (χ4n) is 2.77. The molecule has 0 aromatic heterocycles. The maximum atomic E-state index is 9.76. The summed E-state index contributed by atoms with van der Waals surface area (Å²) in [5.41, 5.74) is 0.880. The fraction of sp³-hybridized carbons (Fsp3) is 0.600. The third kappa shape index (κ3) is 3.63. The van der Waals surface area contributed by atoms with Gasteiger partial charge in [0, 0.05) is 23.2 Å². The third-order valence-electron chi connectivity index (χ3n) is 4.01. The molecular formula is C15H22ClNO. The number of hydrogen-bond donors (Lipinski definition) is 2. The van der Waals surface area contributed by atoms with E-state index < -0.39 is 0 Å². The molecule has 1 fully saturated rings. The van der Waals surface area contributed by atoms with E-state index in [4.69, 9.17) is 11.6 Å². The molecule has 0 spiro atoms. The van der Waals surface area contributed by atoms with E-state index in [0.717, 1.165) is 11.5 Å². The fourth-order valence-corrected chi connectivity index (χ4v) is 2.96. The van der Waals surface area contributed by atoms with Gasteiger partial charge in [-0.15, -0.1) is 0 Å². The van der Waals surface area contributed by atoms with Crippen LogP contribution in [-0.4, -0.2) is 11.1 Å². The predicted octanol–water partition coefficient (Wildman–Crippen LogP) is 4.10. The van der Waals surface area contributed by atoms with E-state index in [9.17, 15) is 5.11 Å². The topological polar surface area (TPSA) is 32.3 Å². The van der Waals surface area contributed by atoms with Gasteiger partial charge < -0.3 is 10.4 Å². The first-order chi connectivity index (χ1) is 8.66. The average Bonchev–Trinajstić information content (AvgIpc) is 2.40. The van der Waals surface area contributed by atoms with Crippen molar-refractivity contribution in [1.29, 1.82) is 0 Å². The van der Waals surface area contributed by atoms with Crippen LogP contribution in [-0.2, 0) is 6.54 Å². The van der Waals surface area contributed by atoms with Crippen molar-refractivity contribution in [3.05, 3.63) is 28.8 Å². The molecule has 0 heterocycles. The zero-order valence-corrected chi connectivity index (χ0v) is 11.7. The van der Waals surface area contributed by atoms with Crippen LogP contribution in [0.4, 0.5) is 0 Å². The molecule has 1 aromatic carbocycles. The number of halogens is 1. The number of phenolic OH excluding ortho intramolecular Hbond substituents is 1. The molecule has 1 saturated carbocycles. The molecule has 2 nitrogen and oxygen atoms in total. The molecule has 1 atom stereocenters. The standard InChI is InChI=1S/C15H22ClNO/c1-11(12-5-3-2-4-6-12)17-10-13-9-14(16)7-8-15(13)18/h7-9,11-12,17-18H,2-6,10H2,1H3. The number of rotatable bonds is 4. The second kappa shape index (κ2) is 6.44. The minimum atomic E-state index is 0.322. The maximum Gasteiger partial charge on any atom is 0.120 e. The molecule has 1 aliphatic carbocycles. The van der Waals surface area contributed by atoms with Crippen molar-refractivity contribution >= 4 is 11.6 Å². The van der Waals surface area contributed by atoms with Crippen LogP contribution in [0.3, 0.4) is 0 Å². The van der Waals surface area contributed by atoms with E-state index in [1.54, 1.807) is 12.1 Å². The third-order valence-corrected chi connectivity index (χ3v) is 4.25. The van der Waals surface area contributed by atoms with E-state index in [1.165, 1.54) is 32.1 Å². The Morgan fingerprint density at radius 2 is 2.06 bits per heavy atom. The minimum Gasteiger partial charge on any atom is -0.508 e. The Bertz CT molecular complexity index is 388. The summed E-state index contributed by atoms with van der Waals surface area (Å²) in [7, 11) is 0. The second-order valence-electron chi connectivity index (χ2n) is 5.34. The molecule has 0 saturated heterocycles.